The van der Waals surface area contributed by atoms with Crippen LogP contribution in [-0.2, 0) is 26.5 Å². The molecule has 0 aliphatic carbocycles. The van der Waals surface area contributed by atoms with Gasteiger partial charge in [0.2, 0.25) is 0 Å². The zero-order valence-corrected chi connectivity index (χ0v) is 37.9. The Hall–Kier alpha value is -7.60. The van der Waals surface area contributed by atoms with Crippen molar-refractivity contribution in [3.63, 3.8) is 0 Å². The molecule has 0 saturated carbocycles. The normalized spacial score (nSPS) is 12.1. The molecule has 314 valence electrons. The summed E-state index contributed by atoms with van der Waals surface area (Å²) in [5.41, 5.74) is 12.0. The fourth-order valence-corrected chi connectivity index (χ4v) is 9.66. The van der Waals surface area contributed by atoms with Crippen molar-refractivity contribution >= 4 is 70.9 Å². The predicted octanol–water partition coefficient (Wildman–Crippen LogP) is 13.1. The second-order valence-electron chi connectivity index (χ2n) is 17.5. The van der Waals surface area contributed by atoms with Gasteiger partial charge in [-0.1, -0.05) is 136 Å². The Labute approximate surface area is 389 Å². The van der Waals surface area contributed by atoms with Crippen molar-refractivity contribution in [1.29, 1.82) is 0 Å². The molecule has 0 unspecified atom stereocenters. The van der Waals surface area contributed by atoms with Gasteiger partial charge < -0.3 is 13.7 Å². The van der Waals surface area contributed by atoms with Crippen LogP contribution in [0.2, 0.25) is 0 Å². The van der Waals surface area contributed by atoms with Crippen LogP contribution < -0.4 is 9.30 Å². The first-order valence-corrected chi connectivity index (χ1v) is 21.6. The third-order valence-electron chi connectivity index (χ3n) is 12.7. The van der Waals surface area contributed by atoms with E-state index in [1.807, 2.05) is 35.0 Å². The van der Waals surface area contributed by atoms with Crippen LogP contribution in [-0.4, -0.2) is 23.5 Å². The van der Waals surface area contributed by atoms with E-state index >= 15 is 0 Å². The van der Waals surface area contributed by atoms with Crippen LogP contribution in [0, 0.1) is 18.5 Å². The van der Waals surface area contributed by atoms with Crippen LogP contribution in [0.3, 0.4) is 0 Å². The first-order valence-electron chi connectivity index (χ1n) is 21.6. The van der Waals surface area contributed by atoms with Gasteiger partial charge >= 0.3 is 0 Å². The van der Waals surface area contributed by atoms with Crippen molar-refractivity contribution in [3.8, 4) is 39.9 Å². The summed E-state index contributed by atoms with van der Waals surface area (Å²) in [6.07, 6.45) is 7.32. The fraction of sp³-hybridized carbons (Fsp3) is 0.0702. The molecular formula is C57H38N6OPt-2. The van der Waals surface area contributed by atoms with Gasteiger partial charge in [0.1, 0.15) is 5.82 Å². The molecule has 0 spiro atoms. The van der Waals surface area contributed by atoms with E-state index in [0.717, 1.165) is 49.9 Å². The topological polar surface area (TPSA) is 53.2 Å². The van der Waals surface area contributed by atoms with Gasteiger partial charge in [-0.05, 0) is 75.7 Å². The molecule has 65 heavy (non-hydrogen) atoms. The molecule has 0 bridgehead atoms. The Morgan fingerprint density at radius 2 is 1.22 bits per heavy atom. The minimum atomic E-state index is -0.0520. The number of nitrogens with zero attached hydrogens (tertiary/aromatic N) is 6. The van der Waals surface area contributed by atoms with Gasteiger partial charge in [0.25, 0.3) is 6.33 Å². The number of rotatable bonds is 6. The number of benzene rings is 7. The molecule has 0 amide bonds. The summed E-state index contributed by atoms with van der Waals surface area (Å²) < 4.78 is 15.3. The van der Waals surface area contributed by atoms with E-state index in [0.29, 0.717) is 17.3 Å². The van der Waals surface area contributed by atoms with E-state index in [4.69, 9.17) is 14.7 Å². The summed E-state index contributed by atoms with van der Waals surface area (Å²) in [7, 11) is 0. The number of hydrogen-bond acceptors (Lipinski definition) is 3. The van der Waals surface area contributed by atoms with Gasteiger partial charge in [0.15, 0.2) is 0 Å². The van der Waals surface area contributed by atoms with E-state index in [-0.39, 0.29) is 26.5 Å². The summed E-state index contributed by atoms with van der Waals surface area (Å²) in [6, 6.07) is 64.7. The van der Waals surface area contributed by atoms with Crippen LogP contribution in [0.15, 0.2) is 176 Å². The summed E-state index contributed by atoms with van der Waals surface area (Å²) in [4.78, 5) is 9.72. The monoisotopic (exact) mass is 1020 g/mol. The summed E-state index contributed by atoms with van der Waals surface area (Å²) in [5.74, 6) is 2.46. The molecule has 0 fully saturated rings. The van der Waals surface area contributed by atoms with Crippen molar-refractivity contribution in [3.05, 3.63) is 200 Å². The Morgan fingerprint density at radius 1 is 0.538 bits per heavy atom. The molecule has 8 heteroatoms. The van der Waals surface area contributed by atoms with E-state index in [9.17, 15) is 0 Å². The quantitative estimate of drug-likeness (QED) is 0.123. The maximum Gasteiger partial charge on any atom is 0.269 e. The molecule has 0 radical (unpaired) electrons. The first kappa shape index (κ1) is 39.0. The zero-order chi connectivity index (χ0) is 42.7. The number of pyridine rings is 2. The molecule has 13 aromatic rings. The molecule has 0 aliphatic heterocycles. The fourth-order valence-electron chi connectivity index (χ4n) is 9.66. The second-order valence-corrected chi connectivity index (χ2v) is 17.5. The Balaban J connectivity index is 0.00000444. The van der Waals surface area contributed by atoms with Gasteiger partial charge in [-0.2, -0.15) is 18.2 Å². The Bertz CT molecular complexity index is 3900. The molecule has 0 N–H and O–H groups in total. The minimum absolute atomic E-state index is 0. The van der Waals surface area contributed by atoms with E-state index < -0.39 is 0 Å². The van der Waals surface area contributed by atoms with Gasteiger partial charge in [0, 0.05) is 60.1 Å². The van der Waals surface area contributed by atoms with Crippen LogP contribution >= 0.6 is 0 Å². The maximum absolute atomic E-state index is 6.64. The summed E-state index contributed by atoms with van der Waals surface area (Å²) in [6.45, 7) is 6.68. The second kappa shape index (κ2) is 14.7. The first-order chi connectivity index (χ1) is 31.4. The SMILES string of the molecule is CC(C)(C)c1ccnc(-n2c3[c-]c(Oc4[c-]c(-n5[c-][n+](-c6cc7c8ccccc8n8c9ccccc9c(c6)c78)c6ccccc65)ncc4)ccc3c3cc(-c4ccccc4)ccc32)c1.[Pt]. The zero-order valence-electron chi connectivity index (χ0n) is 35.7. The summed E-state index contributed by atoms with van der Waals surface area (Å²) >= 11 is 0. The van der Waals surface area contributed by atoms with Crippen molar-refractivity contribution in [2.75, 3.05) is 0 Å². The number of hydrogen-bond donors (Lipinski definition) is 0. The van der Waals surface area contributed by atoms with Crippen LogP contribution in [0.25, 0.3) is 99.4 Å². The van der Waals surface area contributed by atoms with Gasteiger partial charge in [-0.25, -0.2) is 4.98 Å². The average Bonchev–Trinajstić information content (AvgIpc) is 4.07. The minimum Gasteiger partial charge on any atom is -0.522 e. The van der Waals surface area contributed by atoms with Crippen LogP contribution in [0.4, 0.5) is 0 Å². The van der Waals surface area contributed by atoms with Crippen molar-refractivity contribution in [2.24, 2.45) is 0 Å². The number of ether oxygens (including phenoxy) is 1. The van der Waals surface area contributed by atoms with Crippen molar-refractivity contribution < 1.29 is 30.4 Å². The van der Waals surface area contributed by atoms with Crippen molar-refractivity contribution in [1.82, 2.24) is 23.5 Å². The van der Waals surface area contributed by atoms with Crippen LogP contribution in [0.1, 0.15) is 26.3 Å². The Morgan fingerprint density at radius 3 is 1.97 bits per heavy atom. The number of aromatic nitrogens is 6. The number of para-hydroxylation sites is 4. The molecular weight excluding hydrogens is 980 g/mol. The average molecular weight is 1020 g/mol. The van der Waals surface area contributed by atoms with E-state index in [2.05, 4.69) is 192 Å². The molecule has 0 atom stereocenters. The molecule has 6 aromatic heterocycles. The van der Waals surface area contributed by atoms with Crippen molar-refractivity contribution in [2.45, 2.75) is 26.2 Å². The van der Waals surface area contributed by atoms with E-state index in [1.54, 1.807) is 6.20 Å². The van der Waals surface area contributed by atoms with Crippen LogP contribution in [0.5, 0.6) is 11.5 Å². The predicted molar refractivity (Wildman–Crippen MR) is 257 cm³/mol. The molecule has 6 heterocycles. The number of imidazole rings is 1. The molecule has 0 saturated heterocycles. The molecule has 0 aliphatic rings. The van der Waals surface area contributed by atoms with Gasteiger partial charge in [-0.3, -0.25) is 14.1 Å². The molecule has 13 rings (SSSR count). The van der Waals surface area contributed by atoms with E-state index in [1.165, 1.54) is 49.2 Å². The largest absolute Gasteiger partial charge is 0.522 e. The summed E-state index contributed by atoms with van der Waals surface area (Å²) in [5, 5.41) is 7.04. The maximum atomic E-state index is 6.64. The smallest absolute Gasteiger partial charge is 0.269 e. The Kier molecular flexibility index (Phi) is 8.84. The third kappa shape index (κ3) is 6.10. The number of fused-ring (bicyclic) bond motifs is 10. The molecule has 7 aromatic carbocycles. The standard InChI is InChI=1S/C57H38N6O.Pt/c1-57(2,3)38-25-27-59-55(30-38)62-50-24-21-37(36-13-5-4-6-14-36)29-45(50)44-23-22-40(33-53(44)62)64-41-26-28-58-54(34-41)61-35-60(51-19-11-12-20-52(51)61)39-31-46-42-15-7-9-17-48(42)63-49-18-10-8-16-43(49)47(32-39)56(46)63;/h4-32H,1-3H3;/q-2;. The molecule has 7 nitrogen and oxygen atoms in total. The third-order valence-corrected chi connectivity index (χ3v) is 12.7. The van der Waals surface area contributed by atoms with Gasteiger partial charge in [0.05, 0.1) is 39.1 Å². The van der Waals surface area contributed by atoms with Gasteiger partial charge in [-0.15, -0.1) is 17.5 Å².